The van der Waals surface area contributed by atoms with E-state index < -0.39 is 6.10 Å². The van der Waals surface area contributed by atoms with E-state index in [4.69, 9.17) is 20.4 Å². The lowest BCUT2D eigenvalue weighted by Gasteiger charge is -1.97. The lowest BCUT2D eigenvalue weighted by molar-refractivity contribution is 0.0923. The van der Waals surface area contributed by atoms with E-state index in [2.05, 4.69) is 0 Å². The van der Waals surface area contributed by atoms with Crippen LogP contribution in [0.4, 0.5) is 0 Å². The molecular weight excluding hydrogens is 160 g/mol. The predicted molar refractivity (Wildman–Crippen MR) is 46.8 cm³/mol. The standard InChI is InChI=1S/2C4H10O2/c1-2-4(6)3-5;5-3-1-2-4-6/h4-6H,2-3H2,1H3;5-6H,1-4H2. The second-order valence-corrected chi connectivity index (χ2v) is 2.40. The number of aliphatic hydroxyl groups excluding tert-OH is 4. The van der Waals surface area contributed by atoms with Gasteiger partial charge in [-0.15, -0.1) is 0 Å². The summed E-state index contributed by atoms with van der Waals surface area (Å²) < 4.78 is 0. The Morgan fingerprint density at radius 3 is 1.50 bits per heavy atom. The van der Waals surface area contributed by atoms with E-state index in [9.17, 15) is 0 Å². The monoisotopic (exact) mass is 180 g/mol. The quantitative estimate of drug-likeness (QED) is 0.430. The molecule has 1 atom stereocenters. The zero-order valence-electron chi connectivity index (χ0n) is 7.61. The van der Waals surface area contributed by atoms with Crippen molar-refractivity contribution in [2.24, 2.45) is 0 Å². The van der Waals surface area contributed by atoms with E-state index >= 15 is 0 Å². The summed E-state index contributed by atoms with van der Waals surface area (Å²) in [4.78, 5) is 0. The lowest BCUT2D eigenvalue weighted by atomic mass is 10.3. The lowest BCUT2D eigenvalue weighted by Crippen LogP contribution is -2.08. The summed E-state index contributed by atoms with van der Waals surface area (Å²) >= 11 is 0. The zero-order valence-corrected chi connectivity index (χ0v) is 7.61. The summed E-state index contributed by atoms with van der Waals surface area (Å²) in [6, 6.07) is 0. The van der Waals surface area contributed by atoms with Gasteiger partial charge in [-0.3, -0.25) is 0 Å². The number of hydrogen-bond acceptors (Lipinski definition) is 4. The van der Waals surface area contributed by atoms with Crippen molar-refractivity contribution >= 4 is 0 Å². The third-order valence-corrected chi connectivity index (χ3v) is 1.25. The van der Waals surface area contributed by atoms with Crippen molar-refractivity contribution in [2.45, 2.75) is 32.3 Å². The van der Waals surface area contributed by atoms with Crippen LogP contribution in [0.3, 0.4) is 0 Å². The molecule has 0 aromatic carbocycles. The SMILES string of the molecule is CCC(O)CO.OCCCCO. The average molecular weight is 180 g/mol. The van der Waals surface area contributed by atoms with Gasteiger partial charge in [0.1, 0.15) is 0 Å². The molecule has 0 saturated heterocycles. The summed E-state index contributed by atoms with van der Waals surface area (Å²) in [5, 5.41) is 32.7. The van der Waals surface area contributed by atoms with Gasteiger partial charge in [0.05, 0.1) is 12.7 Å². The molecule has 0 saturated carbocycles. The molecule has 76 valence electrons. The molecule has 0 radical (unpaired) electrons. The highest BCUT2D eigenvalue weighted by molar-refractivity contribution is 4.43. The van der Waals surface area contributed by atoms with Crippen molar-refractivity contribution in [1.82, 2.24) is 0 Å². The van der Waals surface area contributed by atoms with Crippen LogP contribution in [0.15, 0.2) is 0 Å². The third-order valence-electron chi connectivity index (χ3n) is 1.25. The fraction of sp³-hybridized carbons (Fsp3) is 1.00. The van der Waals surface area contributed by atoms with Crippen molar-refractivity contribution in [3.63, 3.8) is 0 Å². The first kappa shape index (κ1) is 14.4. The summed E-state index contributed by atoms with van der Waals surface area (Å²) in [6.45, 7) is 2.10. The molecule has 12 heavy (non-hydrogen) atoms. The van der Waals surface area contributed by atoms with E-state index in [-0.39, 0.29) is 19.8 Å². The van der Waals surface area contributed by atoms with Gasteiger partial charge in [0, 0.05) is 13.2 Å². The van der Waals surface area contributed by atoms with E-state index in [0.717, 1.165) is 12.8 Å². The molecule has 4 nitrogen and oxygen atoms in total. The van der Waals surface area contributed by atoms with Gasteiger partial charge in [0.25, 0.3) is 0 Å². The molecule has 4 N–H and O–H groups in total. The Morgan fingerprint density at radius 2 is 1.42 bits per heavy atom. The molecule has 0 heterocycles. The minimum atomic E-state index is -0.509. The molecule has 0 spiro atoms. The maximum Gasteiger partial charge on any atom is 0.0768 e. The summed E-state index contributed by atoms with van der Waals surface area (Å²) in [7, 11) is 0. The first-order valence-electron chi connectivity index (χ1n) is 4.23. The molecular formula is C8H20O4. The van der Waals surface area contributed by atoms with Crippen molar-refractivity contribution in [3.05, 3.63) is 0 Å². The van der Waals surface area contributed by atoms with Crippen LogP contribution >= 0.6 is 0 Å². The van der Waals surface area contributed by atoms with Gasteiger partial charge in [-0.2, -0.15) is 0 Å². The van der Waals surface area contributed by atoms with Crippen LogP contribution < -0.4 is 0 Å². The van der Waals surface area contributed by atoms with Crippen molar-refractivity contribution in [2.75, 3.05) is 19.8 Å². The van der Waals surface area contributed by atoms with E-state index in [0.29, 0.717) is 6.42 Å². The maximum atomic E-state index is 8.42. The van der Waals surface area contributed by atoms with Crippen LogP contribution in [0.5, 0.6) is 0 Å². The summed E-state index contributed by atoms with van der Waals surface area (Å²) in [6.07, 6.45) is 1.56. The Bertz CT molecular complexity index is 60.1. The van der Waals surface area contributed by atoms with Crippen LogP contribution in [0.2, 0.25) is 0 Å². The maximum absolute atomic E-state index is 8.42. The number of rotatable bonds is 5. The molecule has 0 bridgehead atoms. The third kappa shape index (κ3) is 16.4. The number of unbranched alkanes of at least 4 members (excludes halogenated alkanes) is 1. The molecule has 0 fully saturated rings. The largest absolute Gasteiger partial charge is 0.396 e. The van der Waals surface area contributed by atoms with E-state index in [1.165, 1.54) is 0 Å². The highest BCUT2D eigenvalue weighted by Crippen LogP contribution is 1.83. The Kier molecular flexibility index (Phi) is 16.1. The van der Waals surface area contributed by atoms with Gasteiger partial charge < -0.3 is 20.4 Å². The van der Waals surface area contributed by atoms with Gasteiger partial charge >= 0.3 is 0 Å². The van der Waals surface area contributed by atoms with Crippen LogP contribution in [0, 0.1) is 0 Å². The molecule has 0 aliphatic carbocycles. The normalized spacial score (nSPS) is 11.8. The van der Waals surface area contributed by atoms with Gasteiger partial charge in [-0.1, -0.05) is 6.92 Å². The molecule has 0 aliphatic rings. The Balaban J connectivity index is 0. The highest BCUT2D eigenvalue weighted by Gasteiger charge is 1.92. The molecule has 0 aliphatic heterocycles. The van der Waals surface area contributed by atoms with E-state index in [1.807, 2.05) is 6.92 Å². The number of aliphatic hydroxyl groups is 4. The van der Waals surface area contributed by atoms with Gasteiger partial charge in [0.15, 0.2) is 0 Å². The Labute approximate surface area is 73.5 Å². The minimum Gasteiger partial charge on any atom is -0.396 e. The smallest absolute Gasteiger partial charge is 0.0768 e. The van der Waals surface area contributed by atoms with Crippen LogP contribution in [-0.4, -0.2) is 46.4 Å². The second-order valence-electron chi connectivity index (χ2n) is 2.40. The van der Waals surface area contributed by atoms with Crippen molar-refractivity contribution in [3.8, 4) is 0 Å². The zero-order chi connectivity index (χ0) is 9.82. The van der Waals surface area contributed by atoms with Crippen LogP contribution in [0.25, 0.3) is 0 Å². The molecule has 4 heteroatoms. The number of hydrogen-bond donors (Lipinski definition) is 4. The first-order chi connectivity index (χ1) is 5.72. The van der Waals surface area contributed by atoms with Crippen LogP contribution in [0.1, 0.15) is 26.2 Å². The van der Waals surface area contributed by atoms with Crippen molar-refractivity contribution in [1.29, 1.82) is 0 Å². The highest BCUT2D eigenvalue weighted by atomic mass is 16.3. The Morgan fingerprint density at radius 1 is 1.00 bits per heavy atom. The molecule has 0 amide bonds. The van der Waals surface area contributed by atoms with Gasteiger partial charge in [-0.05, 0) is 19.3 Å². The fourth-order valence-electron chi connectivity index (χ4n) is 0.353. The van der Waals surface area contributed by atoms with E-state index in [1.54, 1.807) is 0 Å². The minimum absolute atomic E-state index is 0.115. The molecule has 1 unspecified atom stereocenters. The van der Waals surface area contributed by atoms with Gasteiger partial charge in [-0.25, -0.2) is 0 Å². The molecule has 0 aromatic heterocycles. The summed E-state index contributed by atoms with van der Waals surface area (Å²) in [5.74, 6) is 0. The Hall–Kier alpha value is -0.160. The molecule has 0 rings (SSSR count). The summed E-state index contributed by atoms with van der Waals surface area (Å²) in [5.41, 5.74) is 0. The molecule has 0 aromatic rings. The average Bonchev–Trinajstić information content (AvgIpc) is 2.14. The topological polar surface area (TPSA) is 80.9 Å². The van der Waals surface area contributed by atoms with Crippen molar-refractivity contribution < 1.29 is 20.4 Å². The first-order valence-corrected chi connectivity index (χ1v) is 4.23. The fourth-order valence-corrected chi connectivity index (χ4v) is 0.353. The van der Waals surface area contributed by atoms with Gasteiger partial charge in [0.2, 0.25) is 0 Å². The second kappa shape index (κ2) is 13.4. The van der Waals surface area contributed by atoms with Crippen LogP contribution in [-0.2, 0) is 0 Å². The predicted octanol–water partition coefficient (Wildman–Crippen LogP) is -0.499.